The maximum absolute atomic E-state index is 13.0. The lowest BCUT2D eigenvalue weighted by molar-refractivity contribution is 0.0159. The van der Waals surface area contributed by atoms with Gasteiger partial charge in [-0.3, -0.25) is 9.48 Å². The summed E-state index contributed by atoms with van der Waals surface area (Å²) in [7, 11) is -0.840. The lowest BCUT2D eigenvalue weighted by Crippen LogP contribution is -2.56. The van der Waals surface area contributed by atoms with Gasteiger partial charge in [-0.25, -0.2) is 23.1 Å². The van der Waals surface area contributed by atoms with E-state index in [1.165, 1.54) is 30.4 Å². The molecule has 1 N–H and O–H groups in total. The Morgan fingerprint density at radius 3 is 2.38 bits per heavy atom. The molecule has 1 aliphatic rings. The molecule has 1 fully saturated rings. The Kier molecular flexibility index (Phi) is 7.15. The first-order valence-corrected chi connectivity index (χ1v) is 14.0. The molecule has 0 atom stereocenters. The van der Waals surface area contributed by atoms with E-state index in [4.69, 9.17) is 9.47 Å². The van der Waals surface area contributed by atoms with Crippen LogP contribution in [0.2, 0.25) is 0 Å². The normalized spacial score (nSPS) is 13.6. The summed E-state index contributed by atoms with van der Waals surface area (Å²) in [5.74, 6) is 0.343. The zero-order valence-electron chi connectivity index (χ0n) is 22.7. The second-order valence-electron chi connectivity index (χ2n) is 9.63. The number of carbonyl (C=O) groups excluding carboxylic acids is 1. The molecule has 40 heavy (non-hydrogen) atoms. The minimum atomic E-state index is -3.99. The Bertz CT molecular complexity index is 1680. The highest BCUT2D eigenvalue weighted by molar-refractivity contribution is 7.92. The van der Waals surface area contributed by atoms with E-state index in [1.807, 2.05) is 39.0 Å². The number of methoxy groups -OCH3 is 1. The number of amides is 1. The van der Waals surface area contributed by atoms with Crippen molar-refractivity contribution in [3.8, 4) is 23.0 Å². The number of aryl methyl sites for hydroxylation is 4. The molecule has 0 bridgehead atoms. The van der Waals surface area contributed by atoms with Crippen LogP contribution in [0.5, 0.6) is 11.8 Å². The number of hydrogen-bond acceptors (Lipinski definition) is 9. The molecule has 3 aromatic heterocycles. The molecule has 1 aliphatic heterocycles. The fourth-order valence-electron chi connectivity index (χ4n) is 4.48. The van der Waals surface area contributed by atoms with E-state index in [-0.39, 0.29) is 28.7 Å². The van der Waals surface area contributed by atoms with E-state index in [1.54, 1.807) is 24.1 Å². The van der Waals surface area contributed by atoms with Crippen molar-refractivity contribution in [1.29, 1.82) is 0 Å². The lowest BCUT2D eigenvalue weighted by atomic mass is 10.00. The average molecular weight is 564 g/mol. The van der Waals surface area contributed by atoms with Crippen LogP contribution >= 0.6 is 0 Å². The van der Waals surface area contributed by atoms with Gasteiger partial charge in [0.1, 0.15) is 11.0 Å². The number of anilines is 1. The fourth-order valence-corrected chi connectivity index (χ4v) is 5.41. The molecule has 1 amide bonds. The molecule has 13 heteroatoms. The van der Waals surface area contributed by atoms with Crippen molar-refractivity contribution in [3.63, 3.8) is 0 Å². The van der Waals surface area contributed by atoms with Crippen molar-refractivity contribution in [3.05, 3.63) is 71.2 Å². The van der Waals surface area contributed by atoms with Gasteiger partial charge in [-0.2, -0.15) is 10.1 Å². The second-order valence-corrected chi connectivity index (χ2v) is 11.3. The number of rotatable bonds is 8. The van der Waals surface area contributed by atoms with E-state index in [0.717, 1.165) is 22.3 Å². The van der Waals surface area contributed by atoms with Crippen LogP contribution < -0.4 is 14.2 Å². The van der Waals surface area contributed by atoms with Crippen molar-refractivity contribution < 1.29 is 22.7 Å². The third-order valence-electron chi connectivity index (χ3n) is 6.60. The van der Waals surface area contributed by atoms with Gasteiger partial charge in [-0.05, 0) is 37.5 Å². The van der Waals surface area contributed by atoms with Crippen molar-refractivity contribution in [2.24, 2.45) is 7.05 Å². The van der Waals surface area contributed by atoms with Crippen LogP contribution in [-0.2, 0) is 17.1 Å². The Morgan fingerprint density at radius 2 is 1.75 bits per heavy atom. The number of nitrogens with one attached hydrogen (secondary N) is 1. The Labute approximate surface area is 232 Å². The highest BCUT2D eigenvalue weighted by Crippen LogP contribution is 2.30. The van der Waals surface area contributed by atoms with E-state index in [0.29, 0.717) is 30.2 Å². The van der Waals surface area contributed by atoms with Gasteiger partial charge in [-0.1, -0.05) is 18.2 Å². The molecule has 1 saturated heterocycles. The van der Waals surface area contributed by atoms with Crippen LogP contribution in [-0.4, -0.2) is 70.3 Å². The molecule has 4 aromatic rings. The van der Waals surface area contributed by atoms with Crippen LogP contribution in [0.4, 0.5) is 5.95 Å². The van der Waals surface area contributed by atoms with E-state index in [2.05, 4.69) is 24.8 Å². The largest absolute Gasteiger partial charge is 0.481 e. The Hall–Kier alpha value is -4.52. The van der Waals surface area contributed by atoms with Crippen LogP contribution in [0.15, 0.2) is 53.8 Å². The van der Waals surface area contributed by atoms with Crippen molar-refractivity contribution in [2.45, 2.75) is 31.8 Å². The third kappa shape index (κ3) is 5.45. The predicted molar refractivity (Wildman–Crippen MR) is 147 cm³/mol. The molecular weight excluding hydrogens is 534 g/mol. The SMILES string of the molecule is COc1cc(C)c(C(=O)N2CC(Oc3cc(-c4c(C)cccc4C)nc(NS(=O)(=O)c4cnn(C)c4)n3)C2)cn1. The maximum Gasteiger partial charge on any atom is 0.267 e. The van der Waals surface area contributed by atoms with Gasteiger partial charge < -0.3 is 14.4 Å². The number of hydrogen-bond donors (Lipinski definition) is 1. The molecule has 0 unspecified atom stereocenters. The Balaban J connectivity index is 1.39. The third-order valence-corrected chi connectivity index (χ3v) is 7.89. The zero-order valence-corrected chi connectivity index (χ0v) is 23.6. The average Bonchev–Trinajstić information content (AvgIpc) is 3.32. The molecule has 0 aliphatic carbocycles. The summed E-state index contributed by atoms with van der Waals surface area (Å²) < 4.78 is 41.0. The zero-order chi connectivity index (χ0) is 28.6. The van der Waals surface area contributed by atoms with Gasteiger partial charge in [-0.15, -0.1) is 0 Å². The number of sulfonamides is 1. The first-order valence-electron chi connectivity index (χ1n) is 12.5. The van der Waals surface area contributed by atoms with Crippen molar-refractivity contribution in [2.75, 3.05) is 24.9 Å². The standard InChI is InChI=1S/C27H29N7O5S/c1-16-7-6-8-17(2)25(16)22-10-24(31-27(30-22)32-40(36,37)20-11-29-33(4)15-20)39-19-13-34(14-19)26(35)21-12-28-23(38-5)9-18(21)3/h6-12,15,19H,13-14H2,1-5H3,(H,30,31,32). The van der Waals surface area contributed by atoms with Crippen molar-refractivity contribution in [1.82, 2.24) is 29.6 Å². The summed E-state index contributed by atoms with van der Waals surface area (Å²) in [5, 5.41) is 3.94. The lowest BCUT2D eigenvalue weighted by Gasteiger charge is -2.38. The van der Waals surface area contributed by atoms with E-state index >= 15 is 0 Å². The van der Waals surface area contributed by atoms with Crippen LogP contribution in [0.25, 0.3) is 11.3 Å². The molecule has 5 rings (SSSR count). The van der Waals surface area contributed by atoms with Crippen LogP contribution in [0, 0.1) is 20.8 Å². The summed E-state index contributed by atoms with van der Waals surface area (Å²) in [6.07, 6.45) is 3.80. The van der Waals surface area contributed by atoms with Crippen LogP contribution in [0.1, 0.15) is 27.0 Å². The quantitative estimate of drug-likeness (QED) is 0.342. The molecule has 0 saturated carbocycles. The van der Waals surface area contributed by atoms with Gasteiger partial charge in [0.25, 0.3) is 15.9 Å². The topological polar surface area (TPSA) is 141 Å². The van der Waals surface area contributed by atoms with Gasteiger partial charge >= 0.3 is 0 Å². The first kappa shape index (κ1) is 27.1. The van der Waals surface area contributed by atoms with E-state index in [9.17, 15) is 13.2 Å². The Morgan fingerprint density at radius 1 is 1.02 bits per heavy atom. The second kappa shape index (κ2) is 10.6. The first-order chi connectivity index (χ1) is 19.0. The molecular formula is C27H29N7O5S. The summed E-state index contributed by atoms with van der Waals surface area (Å²) in [4.78, 5) is 27.6. The minimum Gasteiger partial charge on any atom is -0.481 e. The van der Waals surface area contributed by atoms with Gasteiger partial charge in [0.2, 0.25) is 17.7 Å². The molecule has 4 heterocycles. The summed E-state index contributed by atoms with van der Waals surface area (Å²) in [6, 6.07) is 9.24. The minimum absolute atomic E-state index is 0.0185. The van der Waals surface area contributed by atoms with Gasteiger partial charge in [0.15, 0.2) is 0 Å². The predicted octanol–water partition coefficient (Wildman–Crippen LogP) is 2.91. The molecule has 1 aromatic carbocycles. The van der Waals surface area contributed by atoms with Gasteiger partial charge in [0, 0.05) is 37.1 Å². The molecule has 208 valence electrons. The monoisotopic (exact) mass is 563 g/mol. The maximum atomic E-state index is 13.0. The number of benzene rings is 1. The molecule has 12 nitrogen and oxygen atoms in total. The number of ether oxygens (including phenoxy) is 2. The number of carbonyl (C=O) groups is 1. The summed E-state index contributed by atoms with van der Waals surface area (Å²) >= 11 is 0. The number of aromatic nitrogens is 5. The highest BCUT2D eigenvalue weighted by atomic mass is 32.2. The summed E-state index contributed by atoms with van der Waals surface area (Å²) in [5.41, 5.74) is 4.55. The van der Waals surface area contributed by atoms with Crippen LogP contribution in [0.3, 0.4) is 0 Å². The van der Waals surface area contributed by atoms with Crippen molar-refractivity contribution >= 4 is 21.9 Å². The fraction of sp³-hybridized carbons (Fsp3) is 0.296. The number of pyridine rings is 1. The summed E-state index contributed by atoms with van der Waals surface area (Å²) in [6.45, 7) is 6.41. The van der Waals surface area contributed by atoms with E-state index < -0.39 is 10.0 Å². The highest BCUT2D eigenvalue weighted by Gasteiger charge is 2.34. The van der Waals surface area contributed by atoms with Gasteiger partial charge in [0.05, 0.1) is 37.7 Å². The smallest absolute Gasteiger partial charge is 0.267 e. The number of likely N-dealkylation sites (tertiary alicyclic amines) is 1. The molecule has 0 radical (unpaired) electrons. The number of nitrogens with zero attached hydrogens (tertiary/aromatic N) is 6. The molecule has 0 spiro atoms.